The van der Waals surface area contributed by atoms with Crippen LogP contribution in [0, 0.1) is 5.92 Å². The minimum absolute atomic E-state index is 0.0247. The molecular formula is C24H26N2O4. The van der Waals surface area contributed by atoms with Gasteiger partial charge in [-0.3, -0.25) is 4.79 Å². The number of anilines is 1. The molecule has 2 aromatic rings. The van der Waals surface area contributed by atoms with Gasteiger partial charge in [0.25, 0.3) is 5.91 Å². The molecule has 2 heterocycles. The van der Waals surface area contributed by atoms with Gasteiger partial charge in [0.2, 0.25) is 0 Å². The van der Waals surface area contributed by atoms with E-state index in [0.29, 0.717) is 37.6 Å². The van der Waals surface area contributed by atoms with Gasteiger partial charge in [0.15, 0.2) is 11.5 Å². The van der Waals surface area contributed by atoms with Crippen LogP contribution in [0.5, 0.6) is 11.5 Å². The lowest BCUT2D eigenvalue weighted by molar-refractivity contribution is 0.0303. The van der Waals surface area contributed by atoms with Gasteiger partial charge in [0, 0.05) is 24.6 Å². The largest absolute Gasteiger partial charge is 0.504 e. The Balaban J connectivity index is 1.57. The number of fused-ring (bicyclic) bond motifs is 3. The van der Waals surface area contributed by atoms with Gasteiger partial charge >= 0.3 is 0 Å². The molecule has 0 spiro atoms. The third-order valence-corrected chi connectivity index (χ3v) is 6.51. The highest BCUT2D eigenvalue weighted by Crippen LogP contribution is 2.52. The Labute approximate surface area is 176 Å². The normalized spacial score (nSPS) is 24.7. The Morgan fingerprint density at radius 2 is 1.93 bits per heavy atom. The lowest BCUT2D eigenvalue weighted by Gasteiger charge is -2.39. The Bertz CT molecular complexity index is 997. The molecule has 0 aromatic heterocycles. The lowest BCUT2D eigenvalue weighted by atomic mass is 9.76. The third-order valence-electron chi connectivity index (χ3n) is 6.51. The number of rotatable bonds is 3. The summed E-state index contributed by atoms with van der Waals surface area (Å²) < 4.78 is 10.7. The molecule has 1 fully saturated rings. The molecule has 6 nitrogen and oxygen atoms in total. The fourth-order valence-electron chi connectivity index (χ4n) is 5.00. The number of nitrogens with one attached hydrogen (secondary N) is 1. The SMILES string of the molecule is COc1cccc(C2Nc3c(C(=O)N4CCOCC4)cccc3C3C=CCC32)c1O. The quantitative estimate of drug-likeness (QED) is 0.761. The van der Waals surface area contributed by atoms with E-state index >= 15 is 0 Å². The summed E-state index contributed by atoms with van der Waals surface area (Å²) in [6, 6.07) is 11.4. The van der Waals surface area contributed by atoms with Crippen LogP contribution < -0.4 is 10.1 Å². The molecule has 30 heavy (non-hydrogen) atoms. The minimum atomic E-state index is -0.119. The molecule has 1 amide bonds. The number of para-hydroxylation sites is 2. The van der Waals surface area contributed by atoms with Crippen molar-refractivity contribution in [3.8, 4) is 11.5 Å². The Kier molecular flexibility index (Phi) is 4.87. The highest BCUT2D eigenvalue weighted by molar-refractivity contribution is 6.01. The van der Waals surface area contributed by atoms with Gasteiger partial charge < -0.3 is 24.8 Å². The number of benzene rings is 2. The van der Waals surface area contributed by atoms with Crippen molar-refractivity contribution < 1.29 is 19.4 Å². The van der Waals surface area contributed by atoms with Crippen molar-refractivity contribution in [3.63, 3.8) is 0 Å². The summed E-state index contributed by atoms with van der Waals surface area (Å²) in [5, 5.41) is 14.4. The van der Waals surface area contributed by atoms with Gasteiger partial charge in [0.1, 0.15) is 0 Å². The molecule has 156 valence electrons. The molecular weight excluding hydrogens is 380 g/mol. The lowest BCUT2D eigenvalue weighted by Crippen LogP contribution is -2.41. The molecule has 2 aliphatic heterocycles. The number of nitrogens with zero attached hydrogens (tertiary/aromatic N) is 1. The summed E-state index contributed by atoms with van der Waals surface area (Å²) in [6.45, 7) is 2.35. The predicted molar refractivity (Wildman–Crippen MR) is 114 cm³/mol. The maximum Gasteiger partial charge on any atom is 0.256 e. The molecule has 3 aliphatic rings. The highest BCUT2D eigenvalue weighted by atomic mass is 16.5. The summed E-state index contributed by atoms with van der Waals surface area (Å²) in [6.07, 6.45) is 5.35. The molecule has 0 bridgehead atoms. The zero-order valence-electron chi connectivity index (χ0n) is 17.0. The van der Waals surface area contributed by atoms with Crippen molar-refractivity contribution >= 4 is 11.6 Å². The molecule has 5 rings (SSSR count). The second-order valence-corrected chi connectivity index (χ2v) is 8.05. The zero-order chi connectivity index (χ0) is 20.7. The molecule has 1 saturated heterocycles. The first-order chi connectivity index (χ1) is 14.7. The number of carbonyl (C=O) groups excluding carboxylic acids is 1. The molecule has 1 aliphatic carbocycles. The number of aromatic hydroxyl groups is 1. The van der Waals surface area contributed by atoms with Crippen molar-refractivity contribution in [2.45, 2.75) is 18.4 Å². The van der Waals surface area contributed by atoms with E-state index in [1.165, 1.54) is 0 Å². The van der Waals surface area contributed by atoms with Crippen molar-refractivity contribution in [3.05, 3.63) is 65.2 Å². The first-order valence-corrected chi connectivity index (χ1v) is 10.5. The first kappa shape index (κ1) is 19.0. The van der Waals surface area contributed by atoms with Gasteiger partial charge in [-0.25, -0.2) is 0 Å². The third kappa shape index (κ3) is 3.03. The minimum Gasteiger partial charge on any atom is -0.504 e. The van der Waals surface area contributed by atoms with Crippen molar-refractivity contribution in [2.24, 2.45) is 5.92 Å². The topological polar surface area (TPSA) is 71.0 Å². The van der Waals surface area contributed by atoms with E-state index in [4.69, 9.17) is 9.47 Å². The second kappa shape index (κ2) is 7.69. The standard InChI is InChI=1S/C24H26N2O4/c1-29-20-10-4-8-18(23(20)27)21-16-6-2-5-15(16)17-7-3-9-19(22(17)25-21)24(28)26-11-13-30-14-12-26/h2-5,7-10,15-16,21,25,27H,6,11-14H2,1H3. The summed E-state index contributed by atoms with van der Waals surface area (Å²) in [4.78, 5) is 15.2. The number of amides is 1. The highest BCUT2D eigenvalue weighted by Gasteiger charge is 2.40. The maximum atomic E-state index is 13.3. The number of morpholine rings is 1. The van der Waals surface area contributed by atoms with Crippen molar-refractivity contribution in [2.75, 3.05) is 38.7 Å². The molecule has 3 atom stereocenters. The van der Waals surface area contributed by atoms with Crippen LogP contribution in [0.3, 0.4) is 0 Å². The predicted octanol–water partition coefficient (Wildman–Crippen LogP) is 3.70. The fraction of sp³-hybridized carbons (Fsp3) is 0.375. The van der Waals surface area contributed by atoms with Gasteiger partial charge in [-0.05, 0) is 30.0 Å². The summed E-state index contributed by atoms with van der Waals surface area (Å²) in [5.74, 6) is 1.11. The average molecular weight is 406 g/mol. The van der Waals surface area contributed by atoms with E-state index in [1.807, 2.05) is 29.2 Å². The second-order valence-electron chi connectivity index (χ2n) is 8.05. The van der Waals surface area contributed by atoms with E-state index < -0.39 is 0 Å². The number of phenols is 1. The molecule has 2 N–H and O–H groups in total. The van der Waals surface area contributed by atoms with Gasteiger partial charge in [-0.2, -0.15) is 0 Å². The van der Waals surface area contributed by atoms with Crippen LogP contribution in [0.25, 0.3) is 0 Å². The summed E-state index contributed by atoms with van der Waals surface area (Å²) in [7, 11) is 1.56. The zero-order valence-corrected chi connectivity index (χ0v) is 17.0. The Morgan fingerprint density at radius 3 is 2.73 bits per heavy atom. The first-order valence-electron chi connectivity index (χ1n) is 10.5. The number of hydrogen-bond donors (Lipinski definition) is 2. The van der Waals surface area contributed by atoms with E-state index in [-0.39, 0.29) is 29.5 Å². The molecule has 6 heteroatoms. The summed E-state index contributed by atoms with van der Waals surface area (Å²) >= 11 is 0. The van der Waals surface area contributed by atoms with Gasteiger partial charge in [-0.15, -0.1) is 0 Å². The van der Waals surface area contributed by atoms with Crippen molar-refractivity contribution in [1.82, 2.24) is 4.90 Å². The van der Waals surface area contributed by atoms with Crippen LogP contribution in [0.2, 0.25) is 0 Å². The molecule has 0 radical (unpaired) electrons. The van der Waals surface area contributed by atoms with Gasteiger partial charge in [0.05, 0.1) is 37.6 Å². The van der Waals surface area contributed by atoms with Crippen LogP contribution in [-0.4, -0.2) is 49.3 Å². The maximum absolute atomic E-state index is 13.3. The van der Waals surface area contributed by atoms with Crippen LogP contribution in [-0.2, 0) is 4.74 Å². The Hall–Kier alpha value is -2.99. The average Bonchev–Trinajstić information content (AvgIpc) is 3.29. The smallest absolute Gasteiger partial charge is 0.256 e. The van der Waals surface area contributed by atoms with Crippen LogP contribution >= 0.6 is 0 Å². The number of methoxy groups -OCH3 is 1. The van der Waals surface area contributed by atoms with Crippen LogP contribution in [0.4, 0.5) is 5.69 Å². The molecule has 2 aromatic carbocycles. The number of ether oxygens (including phenoxy) is 2. The van der Waals surface area contributed by atoms with Gasteiger partial charge in [-0.1, -0.05) is 36.4 Å². The van der Waals surface area contributed by atoms with E-state index in [0.717, 1.165) is 23.2 Å². The van der Waals surface area contributed by atoms with Crippen LogP contribution in [0.15, 0.2) is 48.6 Å². The van der Waals surface area contributed by atoms with Crippen LogP contribution in [0.1, 0.15) is 39.9 Å². The number of hydrogen-bond acceptors (Lipinski definition) is 5. The fourth-order valence-corrected chi connectivity index (χ4v) is 5.00. The Morgan fingerprint density at radius 1 is 1.17 bits per heavy atom. The number of carbonyl (C=O) groups is 1. The van der Waals surface area contributed by atoms with E-state index in [2.05, 4.69) is 23.5 Å². The molecule has 0 saturated carbocycles. The van der Waals surface area contributed by atoms with E-state index in [1.54, 1.807) is 13.2 Å². The monoisotopic (exact) mass is 406 g/mol. The summed E-state index contributed by atoms with van der Waals surface area (Å²) in [5.41, 5.74) is 3.49. The van der Waals surface area contributed by atoms with E-state index in [9.17, 15) is 9.90 Å². The number of phenolic OH excluding ortho intramolecular Hbond substituents is 1. The number of allylic oxidation sites excluding steroid dienone is 2. The molecule has 3 unspecified atom stereocenters. The van der Waals surface area contributed by atoms with Crippen molar-refractivity contribution in [1.29, 1.82) is 0 Å².